The van der Waals surface area contributed by atoms with E-state index in [1.807, 2.05) is 6.92 Å². The van der Waals surface area contributed by atoms with Crippen molar-refractivity contribution in [2.24, 2.45) is 0 Å². The summed E-state index contributed by atoms with van der Waals surface area (Å²) in [5.74, 6) is -0.736. The first-order valence-corrected chi connectivity index (χ1v) is 15.2. The van der Waals surface area contributed by atoms with E-state index in [1.165, 1.54) is 4.90 Å². The molecule has 2 aromatic rings. The topological polar surface area (TPSA) is 86.8 Å². The van der Waals surface area contributed by atoms with Crippen LogP contribution in [0.3, 0.4) is 0 Å². The number of amides is 2. The van der Waals surface area contributed by atoms with Crippen LogP contribution in [0, 0.1) is 6.92 Å². The first-order valence-electron chi connectivity index (χ1n) is 12.6. The maximum atomic E-state index is 13.8. The van der Waals surface area contributed by atoms with Crippen LogP contribution in [0.15, 0.2) is 42.5 Å². The van der Waals surface area contributed by atoms with Crippen molar-refractivity contribution >= 4 is 50.7 Å². The monoisotopic (exact) mass is 567 g/mol. The van der Waals surface area contributed by atoms with Gasteiger partial charge in [0.15, 0.2) is 0 Å². The van der Waals surface area contributed by atoms with Gasteiger partial charge in [0, 0.05) is 22.6 Å². The summed E-state index contributed by atoms with van der Waals surface area (Å²) in [4.78, 5) is 28.7. The van der Waals surface area contributed by atoms with E-state index in [4.69, 9.17) is 23.2 Å². The normalized spacial score (nSPS) is 15.2. The van der Waals surface area contributed by atoms with Crippen molar-refractivity contribution in [3.05, 3.63) is 63.6 Å². The molecule has 1 aliphatic rings. The molecule has 1 saturated carbocycles. The summed E-state index contributed by atoms with van der Waals surface area (Å²) in [6, 6.07) is 11.2. The van der Waals surface area contributed by atoms with Gasteiger partial charge in [0.05, 0.1) is 11.9 Å². The number of benzene rings is 2. The summed E-state index contributed by atoms with van der Waals surface area (Å²) in [6.07, 6.45) is 6.53. The van der Waals surface area contributed by atoms with Crippen molar-refractivity contribution in [1.29, 1.82) is 0 Å². The fourth-order valence-electron chi connectivity index (χ4n) is 4.74. The van der Waals surface area contributed by atoms with E-state index < -0.39 is 28.5 Å². The Labute approximate surface area is 230 Å². The number of carbonyl (C=O) groups excluding carboxylic acids is 2. The van der Waals surface area contributed by atoms with Crippen LogP contribution in [-0.4, -0.2) is 50.0 Å². The number of hydrogen-bond acceptors (Lipinski definition) is 4. The highest BCUT2D eigenvalue weighted by molar-refractivity contribution is 7.92. The van der Waals surface area contributed by atoms with Gasteiger partial charge < -0.3 is 10.2 Å². The summed E-state index contributed by atoms with van der Waals surface area (Å²) < 4.78 is 26.6. The number of rotatable bonds is 10. The molecule has 0 aromatic heterocycles. The standard InChI is InChI=1S/C27H35Cl2N3O4S/c1-4-24(27(34)30-22-11-6-5-7-12-22)31(17-20-14-15-21(28)16-23(20)29)26(33)18-32(37(3,35)36)25-13-9-8-10-19(25)2/h8-10,13-16,22,24H,4-7,11-12,17-18H2,1-3H3,(H,30,34). The molecule has 1 atom stereocenters. The van der Waals surface area contributed by atoms with Crippen molar-refractivity contribution in [3.8, 4) is 0 Å². The first kappa shape index (κ1) is 29.3. The molecule has 0 radical (unpaired) electrons. The van der Waals surface area contributed by atoms with Crippen LogP contribution in [0.1, 0.15) is 56.6 Å². The molecule has 2 amide bonds. The lowest BCUT2D eigenvalue weighted by Crippen LogP contribution is -2.54. The van der Waals surface area contributed by atoms with E-state index in [9.17, 15) is 18.0 Å². The minimum atomic E-state index is -3.79. The molecule has 1 aliphatic carbocycles. The number of carbonyl (C=O) groups is 2. The second-order valence-corrected chi connectivity index (χ2v) is 12.3. The number of anilines is 1. The Morgan fingerprint density at radius 3 is 2.35 bits per heavy atom. The minimum absolute atomic E-state index is 0.0385. The predicted molar refractivity (Wildman–Crippen MR) is 149 cm³/mol. The Bertz CT molecular complexity index is 1220. The summed E-state index contributed by atoms with van der Waals surface area (Å²) in [5, 5.41) is 3.94. The van der Waals surface area contributed by atoms with Gasteiger partial charge in [-0.25, -0.2) is 8.42 Å². The lowest BCUT2D eigenvalue weighted by molar-refractivity contribution is -0.140. The van der Waals surface area contributed by atoms with Crippen LogP contribution in [0.5, 0.6) is 0 Å². The predicted octanol–water partition coefficient (Wildman–Crippen LogP) is 5.32. The van der Waals surface area contributed by atoms with E-state index >= 15 is 0 Å². The van der Waals surface area contributed by atoms with Crippen LogP contribution in [0.2, 0.25) is 10.0 Å². The summed E-state index contributed by atoms with van der Waals surface area (Å²) >= 11 is 12.5. The maximum Gasteiger partial charge on any atom is 0.244 e. The van der Waals surface area contributed by atoms with Gasteiger partial charge in [-0.1, -0.05) is 73.7 Å². The molecule has 3 rings (SSSR count). The lowest BCUT2D eigenvalue weighted by atomic mass is 9.95. The Kier molecular flexibility index (Phi) is 10.3. The molecule has 2 aromatic carbocycles. The quantitative estimate of drug-likeness (QED) is 0.420. The molecular formula is C27H35Cl2N3O4S. The third kappa shape index (κ3) is 7.85. The van der Waals surface area contributed by atoms with E-state index in [0.29, 0.717) is 27.7 Å². The van der Waals surface area contributed by atoms with E-state index in [-0.39, 0.29) is 18.5 Å². The molecule has 0 heterocycles. The smallest absolute Gasteiger partial charge is 0.244 e. The molecule has 0 saturated heterocycles. The van der Waals surface area contributed by atoms with Gasteiger partial charge in [-0.2, -0.15) is 0 Å². The van der Waals surface area contributed by atoms with E-state index in [0.717, 1.165) is 48.2 Å². The van der Waals surface area contributed by atoms with Gasteiger partial charge in [0.2, 0.25) is 21.8 Å². The number of nitrogens with one attached hydrogen (secondary N) is 1. The second kappa shape index (κ2) is 13.0. The summed E-state index contributed by atoms with van der Waals surface area (Å²) in [6.45, 7) is 3.22. The molecule has 1 fully saturated rings. The van der Waals surface area contributed by atoms with Crippen molar-refractivity contribution in [3.63, 3.8) is 0 Å². The average molecular weight is 569 g/mol. The molecule has 1 unspecified atom stereocenters. The molecule has 0 bridgehead atoms. The molecule has 10 heteroatoms. The van der Waals surface area contributed by atoms with Crippen molar-refractivity contribution < 1.29 is 18.0 Å². The molecule has 1 N–H and O–H groups in total. The van der Waals surface area contributed by atoms with Crippen LogP contribution < -0.4 is 9.62 Å². The molecular weight excluding hydrogens is 533 g/mol. The SMILES string of the molecule is CCC(C(=O)NC1CCCCC1)N(Cc1ccc(Cl)cc1Cl)C(=O)CN(c1ccccc1C)S(C)(=O)=O. The van der Waals surface area contributed by atoms with Gasteiger partial charge in [0.25, 0.3) is 0 Å². The molecule has 202 valence electrons. The highest BCUT2D eigenvalue weighted by Gasteiger charge is 2.33. The largest absolute Gasteiger partial charge is 0.352 e. The lowest BCUT2D eigenvalue weighted by Gasteiger charge is -2.34. The van der Waals surface area contributed by atoms with Crippen LogP contribution in [0.4, 0.5) is 5.69 Å². The number of para-hydroxylation sites is 1. The fraction of sp³-hybridized carbons (Fsp3) is 0.481. The van der Waals surface area contributed by atoms with Gasteiger partial charge in [-0.05, 0) is 55.5 Å². The molecule has 0 aliphatic heterocycles. The van der Waals surface area contributed by atoms with Crippen LogP contribution >= 0.6 is 23.2 Å². The second-order valence-electron chi connectivity index (χ2n) is 9.58. The number of halogens is 2. The molecule has 37 heavy (non-hydrogen) atoms. The fourth-order valence-corrected chi connectivity index (χ4v) is 6.11. The Balaban J connectivity index is 1.95. The average Bonchev–Trinajstić information content (AvgIpc) is 2.84. The Morgan fingerprint density at radius 1 is 1.08 bits per heavy atom. The van der Waals surface area contributed by atoms with E-state index in [1.54, 1.807) is 49.4 Å². The first-order chi connectivity index (χ1) is 17.5. The Morgan fingerprint density at radius 2 is 1.76 bits per heavy atom. The zero-order valence-corrected chi connectivity index (χ0v) is 23.9. The maximum absolute atomic E-state index is 13.8. The number of hydrogen-bond donors (Lipinski definition) is 1. The summed E-state index contributed by atoms with van der Waals surface area (Å²) in [7, 11) is -3.79. The van der Waals surface area contributed by atoms with Gasteiger partial charge >= 0.3 is 0 Å². The highest BCUT2D eigenvalue weighted by Crippen LogP contribution is 2.26. The van der Waals surface area contributed by atoms with Gasteiger partial charge in [-0.15, -0.1) is 0 Å². The molecule has 0 spiro atoms. The van der Waals surface area contributed by atoms with Crippen LogP contribution in [-0.2, 0) is 26.2 Å². The third-order valence-electron chi connectivity index (χ3n) is 6.76. The van der Waals surface area contributed by atoms with Crippen molar-refractivity contribution in [2.45, 2.75) is 71.0 Å². The highest BCUT2D eigenvalue weighted by atomic mass is 35.5. The zero-order chi connectivity index (χ0) is 27.2. The Hall–Kier alpha value is -2.29. The van der Waals surface area contributed by atoms with Gasteiger partial charge in [-0.3, -0.25) is 13.9 Å². The number of nitrogens with zero attached hydrogens (tertiary/aromatic N) is 2. The zero-order valence-electron chi connectivity index (χ0n) is 21.5. The van der Waals surface area contributed by atoms with Crippen LogP contribution in [0.25, 0.3) is 0 Å². The summed E-state index contributed by atoms with van der Waals surface area (Å²) in [5.41, 5.74) is 1.75. The number of sulfonamides is 1. The van der Waals surface area contributed by atoms with Gasteiger partial charge in [0.1, 0.15) is 12.6 Å². The minimum Gasteiger partial charge on any atom is -0.352 e. The third-order valence-corrected chi connectivity index (χ3v) is 8.47. The van der Waals surface area contributed by atoms with Crippen molar-refractivity contribution in [1.82, 2.24) is 10.2 Å². The van der Waals surface area contributed by atoms with Crippen molar-refractivity contribution in [2.75, 3.05) is 17.1 Å². The van der Waals surface area contributed by atoms with E-state index in [2.05, 4.69) is 5.32 Å². The molecule has 7 nitrogen and oxygen atoms in total. The number of aryl methyl sites for hydroxylation is 1.